The minimum absolute atomic E-state index is 0.167. The lowest BCUT2D eigenvalue weighted by Crippen LogP contribution is -2.22. The fourth-order valence-electron chi connectivity index (χ4n) is 3.26. The Labute approximate surface area is 161 Å². The Morgan fingerprint density at radius 1 is 1.25 bits per heavy atom. The highest BCUT2D eigenvalue weighted by atomic mass is 16.5. The minimum Gasteiger partial charge on any atom is -0.497 e. The molecule has 4 rings (SSSR count). The van der Waals surface area contributed by atoms with Crippen molar-refractivity contribution in [1.29, 1.82) is 0 Å². The van der Waals surface area contributed by atoms with Crippen LogP contribution in [0.5, 0.6) is 5.75 Å². The van der Waals surface area contributed by atoms with Crippen LogP contribution in [0.2, 0.25) is 0 Å². The van der Waals surface area contributed by atoms with Gasteiger partial charge in [0.15, 0.2) is 0 Å². The molecule has 0 saturated carbocycles. The molecule has 1 amide bonds. The Balaban J connectivity index is 1.71. The number of benzene rings is 2. The first-order chi connectivity index (χ1) is 13.6. The van der Waals surface area contributed by atoms with Gasteiger partial charge in [-0.1, -0.05) is 0 Å². The average Bonchev–Trinajstić information content (AvgIpc) is 3.26. The number of ether oxygens (including phenoxy) is 1. The molecular weight excluding hydrogens is 358 g/mol. The molecule has 1 aliphatic rings. The molecule has 3 aromatic rings. The molecule has 0 saturated heterocycles. The summed E-state index contributed by atoms with van der Waals surface area (Å²) in [6.45, 7) is -0.0921. The number of hydrogen-bond donors (Lipinski definition) is 5. The van der Waals surface area contributed by atoms with E-state index in [1.807, 2.05) is 48.7 Å². The third-order valence-electron chi connectivity index (χ3n) is 4.78. The highest BCUT2D eigenvalue weighted by molar-refractivity contribution is 6.35. The molecule has 1 aliphatic heterocycles. The van der Waals surface area contributed by atoms with E-state index in [1.165, 1.54) is 0 Å². The molecule has 144 valence electrons. The number of aliphatic hydroxyl groups excluding tert-OH is 2. The fraction of sp³-hybridized carbons (Fsp3) is 0.190. The molecule has 1 unspecified atom stereocenters. The number of carbonyl (C=O) groups excluding carboxylic acids is 1. The van der Waals surface area contributed by atoms with Gasteiger partial charge in [0.2, 0.25) is 0 Å². The maximum absolute atomic E-state index is 12.5. The van der Waals surface area contributed by atoms with Crippen LogP contribution in [0.3, 0.4) is 0 Å². The minimum atomic E-state index is -0.843. The maximum atomic E-state index is 12.5. The van der Waals surface area contributed by atoms with Crippen molar-refractivity contribution in [2.45, 2.75) is 6.10 Å². The largest absolute Gasteiger partial charge is 0.497 e. The van der Waals surface area contributed by atoms with Crippen LogP contribution in [0.4, 0.5) is 11.4 Å². The lowest BCUT2D eigenvalue weighted by Gasteiger charge is -2.11. The molecule has 1 atom stereocenters. The zero-order chi connectivity index (χ0) is 19.7. The van der Waals surface area contributed by atoms with Crippen molar-refractivity contribution in [3.05, 3.63) is 53.7 Å². The summed E-state index contributed by atoms with van der Waals surface area (Å²) in [7, 11) is 1.62. The summed E-state index contributed by atoms with van der Waals surface area (Å²) in [5.74, 6) is 0.580. The van der Waals surface area contributed by atoms with Crippen LogP contribution in [0, 0.1) is 0 Å². The first-order valence-electron chi connectivity index (χ1n) is 8.94. The number of H-pyrrole nitrogens is 1. The van der Waals surface area contributed by atoms with E-state index in [0.29, 0.717) is 5.57 Å². The van der Waals surface area contributed by atoms with Crippen LogP contribution in [0.25, 0.3) is 22.6 Å². The molecular formula is C21H21N3O4. The van der Waals surface area contributed by atoms with Crippen molar-refractivity contribution < 1.29 is 19.7 Å². The normalized spacial score (nSPS) is 15.5. The van der Waals surface area contributed by atoms with Gasteiger partial charge in [0.25, 0.3) is 5.91 Å². The van der Waals surface area contributed by atoms with E-state index in [1.54, 1.807) is 7.11 Å². The molecule has 5 N–H and O–H groups in total. The van der Waals surface area contributed by atoms with Crippen molar-refractivity contribution in [2.75, 3.05) is 30.9 Å². The van der Waals surface area contributed by atoms with Crippen molar-refractivity contribution in [1.82, 2.24) is 4.98 Å². The second-order valence-electron chi connectivity index (χ2n) is 6.65. The zero-order valence-corrected chi connectivity index (χ0v) is 15.3. The van der Waals surface area contributed by atoms with Crippen molar-refractivity contribution in [3.63, 3.8) is 0 Å². The Bertz CT molecular complexity index is 1070. The van der Waals surface area contributed by atoms with E-state index in [2.05, 4.69) is 15.6 Å². The summed E-state index contributed by atoms with van der Waals surface area (Å²) in [4.78, 5) is 15.7. The topological polar surface area (TPSA) is 107 Å². The molecule has 0 fully saturated rings. The average molecular weight is 379 g/mol. The molecule has 0 spiro atoms. The van der Waals surface area contributed by atoms with E-state index in [4.69, 9.17) is 9.84 Å². The van der Waals surface area contributed by atoms with Crippen LogP contribution in [-0.4, -0.2) is 47.5 Å². The number of carbonyl (C=O) groups is 1. The Morgan fingerprint density at radius 2 is 2.11 bits per heavy atom. The molecule has 2 aromatic carbocycles. The molecule has 2 heterocycles. The summed E-state index contributed by atoms with van der Waals surface area (Å²) < 4.78 is 5.30. The lowest BCUT2D eigenvalue weighted by atomic mass is 10.0. The predicted octanol–water partition coefficient (Wildman–Crippen LogP) is 2.43. The smallest absolute Gasteiger partial charge is 0.256 e. The van der Waals surface area contributed by atoms with Gasteiger partial charge in [-0.25, -0.2) is 0 Å². The summed E-state index contributed by atoms with van der Waals surface area (Å²) in [6, 6.07) is 11.3. The number of aromatic nitrogens is 1. The molecule has 7 nitrogen and oxygen atoms in total. The van der Waals surface area contributed by atoms with Gasteiger partial charge in [0.05, 0.1) is 19.8 Å². The molecule has 7 heteroatoms. The third-order valence-corrected chi connectivity index (χ3v) is 4.78. The summed E-state index contributed by atoms with van der Waals surface area (Å²) in [5.41, 5.74) is 4.69. The molecule has 1 aromatic heterocycles. The van der Waals surface area contributed by atoms with Crippen LogP contribution in [0.1, 0.15) is 11.1 Å². The Morgan fingerprint density at radius 3 is 2.89 bits per heavy atom. The van der Waals surface area contributed by atoms with E-state index in [9.17, 15) is 9.90 Å². The summed E-state index contributed by atoms with van der Waals surface area (Å²) >= 11 is 0. The van der Waals surface area contributed by atoms with Gasteiger partial charge in [-0.15, -0.1) is 0 Å². The van der Waals surface area contributed by atoms with Gasteiger partial charge < -0.3 is 30.6 Å². The number of methoxy groups -OCH3 is 1. The Hall–Kier alpha value is -3.29. The number of rotatable bonds is 6. The predicted molar refractivity (Wildman–Crippen MR) is 109 cm³/mol. The number of nitrogens with one attached hydrogen (secondary N) is 3. The highest BCUT2D eigenvalue weighted by Crippen LogP contribution is 2.36. The van der Waals surface area contributed by atoms with Gasteiger partial charge in [-0.05, 0) is 42.5 Å². The summed E-state index contributed by atoms with van der Waals surface area (Å²) in [5, 5.41) is 25.4. The first-order valence-corrected chi connectivity index (χ1v) is 8.94. The zero-order valence-electron chi connectivity index (χ0n) is 15.3. The van der Waals surface area contributed by atoms with Crippen LogP contribution in [0.15, 0.2) is 42.6 Å². The number of aromatic amines is 1. The molecule has 0 aliphatic carbocycles. The standard InChI is InChI=1S/C21H21N3O4/c1-28-15-3-5-19-16(8-15)12(9-23-19)6-18-17-7-13(22-10-14(26)11-25)2-4-20(17)24-21(18)27/h2-9,14,22-23,25-26H,10-11H2,1H3,(H,24,27)/b18-6-. The van der Waals surface area contributed by atoms with Gasteiger partial charge in [-0.3, -0.25) is 4.79 Å². The van der Waals surface area contributed by atoms with Crippen LogP contribution in [-0.2, 0) is 4.79 Å². The first kappa shape index (κ1) is 18.1. The van der Waals surface area contributed by atoms with Crippen LogP contribution >= 0.6 is 0 Å². The number of anilines is 2. The van der Waals surface area contributed by atoms with Gasteiger partial charge in [0, 0.05) is 51.7 Å². The van der Waals surface area contributed by atoms with E-state index in [0.717, 1.165) is 39.2 Å². The quantitative estimate of drug-likeness (QED) is 0.423. The second kappa shape index (κ2) is 7.38. The van der Waals surface area contributed by atoms with Gasteiger partial charge in [0.1, 0.15) is 5.75 Å². The number of aliphatic hydroxyl groups is 2. The van der Waals surface area contributed by atoms with Gasteiger partial charge >= 0.3 is 0 Å². The van der Waals surface area contributed by atoms with Crippen LogP contribution < -0.4 is 15.4 Å². The third kappa shape index (κ3) is 3.33. The SMILES string of the molecule is COc1ccc2[nH]cc(/C=C3\C(=O)Nc4ccc(NCC(O)CO)cc43)c2c1. The number of fused-ring (bicyclic) bond motifs is 2. The number of hydrogen-bond acceptors (Lipinski definition) is 5. The fourth-order valence-corrected chi connectivity index (χ4v) is 3.26. The molecule has 28 heavy (non-hydrogen) atoms. The highest BCUT2D eigenvalue weighted by Gasteiger charge is 2.25. The maximum Gasteiger partial charge on any atom is 0.256 e. The van der Waals surface area contributed by atoms with E-state index < -0.39 is 6.10 Å². The van der Waals surface area contributed by atoms with E-state index >= 15 is 0 Å². The van der Waals surface area contributed by atoms with Gasteiger partial charge in [-0.2, -0.15) is 0 Å². The second-order valence-corrected chi connectivity index (χ2v) is 6.65. The monoisotopic (exact) mass is 379 g/mol. The van der Waals surface area contributed by atoms with Crippen molar-refractivity contribution >= 4 is 39.8 Å². The summed E-state index contributed by atoms with van der Waals surface area (Å²) in [6.07, 6.45) is 2.87. The molecule has 0 bridgehead atoms. The Kier molecular flexibility index (Phi) is 4.77. The molecule has 0 radical (unpaired) electrons. The number of amides is 1. The van der Waals surface area contributed by atoms with Crippen molar-refractivity contribution in [2.24, 2.45) is 0 Å². The van der Waals surface area contributed by atoms with E-state index in [-0.39, 0.29) is 19.1 Å². The van der Waals surface area contributed by atoms with Crippen molar-refractivity contribution in [3.8, 4) is 5.75 Å². The lowest BCUT2D eigenvalue weighted by molar-refractivity contribution is -0.110.